The molecule has 0 aliphatic heterocycles. The lowest BCUT2D eigenvalue weighted by Crippen LogP contribution is -2.23. The molecule has 0 aromatic heterocycles. The van der Waals surface area contributed by atoms with Crippen LogP contribution in [-0.4, -0.2) is 24.2 Å². The predicted octanol–water partition coefficient (Wildman–Crippen LogP) is 1.66. The highest BCUT2D eigenvalue weighted by Gasteiger charge is 1.93. The lowest BCUT2D eigenvalue weighted by molar-refractivity contribution is -0.135. The summed E-state index contributed by atoms with van der Waals surface area (Å²) in [6, 6.07) is 0. The van der Waals surface area contributed by atoms with E-state index in [1.807, 2.05) is 0 Å². The van der Waals surface area contributed by atoms with Crippen LogP contribution in [-0.2, 0) is 4.79 Å². The maximum atomic E-state index is 10.0. The second-order valence-corrected chi connectivity index (χ2v) is 2.63. The number of halogens is 1. The van der Waals surface area contributed by atoms with Crippen molar-refractivity contribution >= 4 is 18.4 Å². The molecule has 3 nitrogen and oxygen atoms in total. The first-order valence-electron chi connectivity index (χ1n) is 4.20. The average molecular weight is 196 g/mol. The maximum Gasteiger partial charge on any atom is 0.317 e. The summed E-state index contributed by atoms with van der Waals surface area (Å²) in [6.07, 6.45) is 4.75. The molecule has 0 saturated heterocycles. The largest absolute Gasteiger partial charge is 0.480 e. The van der Waals surface area contributed by atoms with Crippen LogP contribution in [0.3, 0.4) is 0 Å². The summed E-state index contributed by atoms with van der Waals surface area (Å²) in [7, 11) is 0. The Hall–Kier alpha value is -0.280. The standard InChI is InChI=1S/C8H17NO2.ClH/c1-2-3-4-5-6-9-7-8(10)11;/h9H,2-7H2,1H3,(H,10,11);1H. The third-order valence-corrected chi connectivity index (χ3v) is 1.48. The second-order valence-electron chi connectivity index (χ2n) is 2.63. The van der Waals surface area contributed by atoms with E-state index < -0.39 is 5.97 Å². The molecule has 0 fully saturated rings. The van der Waals surface area contributed by atoms with Crippen molar-refractivity contribution in [1.82, 2.24) is 5.32 Å². The molecule has 4 heteroatoms. The van der Waals surface area contributed by atoms with Crippen LogP contribution in [0.1, 0.15) is 32.6 Å². The lowest BCUT2D eigenvalue weighted by Gasteiger charge is -1.99. The third kappa shape index (κ3) is 12.4. The predicted molar refractivity (Wildman–Crippen MR) is 51.9 cm³/mol. The molecule has 0 aliphatic rings. The Kier molecular flexibility index (Phi) is 12.7. The van der Waals surface area contributed by atoms with E-state index in [0.29, 0.717) is 0 Å². The molecule has 0 aromatic carbocycles. The van der Waals surface area contributed by atoms with Gasteiger partial charge in [-0.2, -0.15) is 0 Å². The minimum atomic E-state index is -0.777. The molecule has 0 heterocycles. The zero-order valence-electron chi connectivity index (χ0n) is 7.51. The fourth-order valence-electron chi connectivity index (χ4n) is 0.872. The first-order chi connectivity index (χ1) is 5.27. The Labute approximate surface area is 80.0 Å². The van der Waals surface area contributed by atoms with Gasteiger partial charge < -0.3 is 10.4 Å². The Morgan fingerprint density at radius 3 is 2.50 bits per heavy atom. The van der Waals surface area contributed by atoms with E-state index in [-0.39, 0.29) is 19.0 Å². The number of aliphatic carboxylic acids is 1. The molecule has 12 heavy (non-hydrogen) atoms. The van der Waals surface area contributed by atoms with Gasteiger partial charge in [0.15, 0.2) is 0 Å². The van der Waals surface area contributed by atoms with Crippen LogP contribution in [0.5, 0.6) is 0 Å². The van der Waals surface area contributed by atoms with Gasteiger partial charge in [-0.1, -0.05) is 26.2 Å². The van der Waals surface area contributed by atoms with Gasteiger partial charge in [0.25, 0.3) is 0 Å². The molecule has 0 saturated carbocycles. The van der Waals surface area contributed by atoms with Crippen molar-refractivity contribution in [2.45, 2.75) is 32.6 Å². The average Bonchev–Trinajstić information content (AvgIpc) is 1.96. The van der Waals surface area contributed by atoms with E-state index in [1.165, 1.54) is 19.3 Å². The van der Waals surface area contributed by atoms with E-state index in [2.05, 4.69) is 12.2 Å². The number of carbonyl (C=O) groups is 1. The van der Waals surface area contributed by atoms with Crippen LogP contribution in [0.2, 0.25) is 0 Å². The van der Waals surface area contributed by atoms with Gasteiger partial charge in [0, 0.05) is 0 Å². The summed E-state index contributed by atoms with van der Waals surface area (Å²) >= 11 is 0. The quantitative estimate of drug-likeness (QED) is 0.608. The number of hydrogen-bond acceptors (Lipinski definition) is 2. The summed E-state index contributed by atoms with van der Waals surface area (Å²) in [4.78, 5) is 10.0. The molecule has 74 valence electrons. The van der Waals surface area contributed by atoms with Crippen LogP contribution in [0, 0.1) is 0 Å². The molecule has 0 aliphatic carbocycles. The molecule has 0 radical (unpaired) electrons. The first-order valence-corrected chi connectivity index (χ1v) is 4.20. The first kappa shape index (κ1) is 14.3. The normalized spacial score (nSPS) is 9.08. The van der Waals surface area contributed by atoms with Crippen molar-refractivity contribution in [3.05, 3.63) is 0 Å². The van der Waals surface area contributed by atoms with Gasteiger partial charge in [-0.25, -0.2) is 0 Å². The van der Waals surface area contributed by atoms with Crippen molar-refractivity contribution in [1.29, 1.82) is 0 Å². The number of carboxylic acids is 1. The third-order valence-electron chi connectivity index (χ3n) is 1.48. The number of hydrogen-bond donors (Lipinski definition) is 2. The molecule has 0 bridgehead atoms. The number of carboxylic acid groups (broad SMARTS) is 1. The van der Waals surface area contributed by atoms with E-state index >= 15 is 0 Å². The van der Waals surface area contributed by atoms with E-state index in [4.69, 9.17) is 5.11 Å². The maximum absolute atomic E-state index is 10.0. The Balaban J connectivity index is 0. The molecule has 0 spiro atoms. The number of unbranched alkanes of at least 4 members (excludes halogenated alkanes) is 3. The van der Waals surface area contributed by atoms with Gasteiger partial charge in [0.1, 0.15) is 0 Å². The summed E-state index contributed by atoms with van der Waals surface area (Å²) in [5.41, 5.74) is 0. The van der Waals surface area contributed by atoms with Gasteiger partial charge >= 0.3 is 5.97 Å². The Bertz CT molecular complexity index is 109. The minimum Gasteiger partial charge on any atom is -0.480 e. The lowest BCUT2D eigenvalue weighted by atomic mass is 10.2. The van der Waals surface area contributed by atoms with Gasteiger partial charge in [0.2, 0.25) is 0 Å². The molecule has 0 rings (SSSR count). The molecule has 0 unspecified atom stereocenters. The van der Waals surface area contributed by atoms with Crippen LogP contribution in [0.25, 0.3) is 0 Å². The molecule has 0 amide bonds. The molecule has 2 N–H and O–H groups in total. The summed E-state index contributed by atoms with van der Waals surface area (Å²) < 4.78 is 0. The summed E-state index contributed by atoms with van der Waals surface area (Å²) in [6.45, 7) is 3.07. The van der Waals surface area contributed by atoms with Gasteiger partial charge in [-0.05, 0) is 13.0 Å². The number of nitrogens with one attached hydrogen (secondary N) is 1. The Morgan fingerprint density at radius 1 is 1.33 bits per heavy atom. The second kappa shape index (κ2) is 10.7. The molecule has 0 aromatic rings. The minimum absolute atomic E-state index is 0. The fraction of sp³-hybridized carbons (Fsp3) is 0.875. The SMILES string of the molecule is CCCCCCNCC(=O)O.Cl. The van der Waals surface area contributed by atoms with Crippen molar-refractivity contribution in [3.8, 4) is 0 Å². The highest BCUT2D eigenvalue weighted by atomic mass is 35.5. The molecular weight excluding hydrogens is 178 g/mol. The Morgan fingerprint density at radius 2 is 2.00 bits per heavy atom. The topological polar surface area (TPSA) is 49.3 Å². The van der Waals surface area contributed by atoms with Gasteiger partial charge in [-0.3, -0.25) is 4.79 Å². The zero-order valence-corrected chi connectivity index (χ0v) is 8.32. The van der Waals surface area contributed by atoms with E-state index in [0.717, 1.165) is 13.0 Å². The summed E-state index contributed by atoms with van der Waals surface area (Å²) in [5, 5.41) is 11.1. The highest BCUT2D eigenvalue weighted by molar-refractivity contribution is 5.85. The van der Waals surface area contributed by atoms with Crippen LogP contribution in [0.4, 0.5) is 0 Å². The van der Waals surface area contributed by atoms with Crippen molar-refractivity contribution < 1.29 is 9.90 Å². The van der Waals surface area contributed by atoms with Crippen molar-refractivity contribution in [3.63, 3.8) is 0 Å². The van der Waals surface area contributed by atoms with Gasteiger partial charge in [0.05, 0.1) is 6.54 Å². The van der Waals surface area contributed by atoms with E-state index in [9.17, 15) is 4.79 Å². The fourth-order valence-corrected chi connectivity index (χ4v) is 0.872. The number of rotatable bonds is 7. The highest BCUT2D eigenvalue weighted by Crippen LogP contribution is 1.96. The van der Waals surface area contributed by atoms with Gasteiger partial charge in [-0.15, -0.1) is 12.4 Å². The van der Waals surface area contributed by atoms with Crippen molar-refractivity contribution in [2.24, 2.45) is 0 Å². The monoisotopic (exact) mass is 195 g/mol. The smallest absolute Gasteiger partial charge is 0.317 e. The van der Waals surface area contributed by atoms with Crippen molar-refractivity contribution in [2.75, 3.05) is 13.1 Å². The zero-order chi connectivity index (χ0) is 8.53. The van der Waals surface area contributed by atoms with Crippen LogP contribution < -0.4 is 5.32 Å². The molecular formula is C8H18ClNO2. The van der Waals surface area contributed by atoms with Crippen LogP contribution in [0.15, 0.2) is 0 Å². The van der Waals surface area contributed by atoms with E-state index in [1.54, 1.807) is 0 Å². The van der Waals surface area contributed by atoms with Crippen LogP contribution >= 0.6 is 12.4 Å². The summed E-state index contributed by atoms with van der Waals surface area (Å²) in [5.74, 6) is -0.777. The molecule has 0 atom stereocenters.